The summed E-state index contributed by atoms with van der Waals surface area (Å²) in [5.74, 6) is 0.354. The highest BCUT2D eigenvalue weighted by Crippen LogP contribution is 2.32. The van der Waals surface area contributed by atoms with E-state index in [0.29, 0.717) is 24.6 Å². The average molecular weight is 364 g/mol. The van der Waals surface area contributed by atoms with Crippen molar-refractivity contribution in [2.45, 2.75) is 24.7 Å². The third-order valence-corrected chi connectivity index (χ3v) is 5.35. The van der Waals surface area contributed by atoms with Gasteiger partial charge in [-0.25, -0.2) is 17.9 Å². The Bertz CT molecular complexity index is 867. The molecule has 0 unspecified atom stereocenters. The van der Waals surface area contributed by atoms with E-state index in [1.54, 1.807) is 12.1 Å². The molecule has 0 saturated heterocycles. The van der Waals surface area contributed by atoms with E-state index >= 15 is 0 Å². The third-order valence-electron chi connectivity index (χ3n) is 4.42. The first-order valence-corrected chi connectivity index (χ1v) is 9.69. The van der Waals surface area contributed by atoms with Gasteiger partial charge in [0.15, 0.2) is 0 Å². The first-order valence-electron chi connectivity index (χ1n) is 8.15. The van der Waals surface area contributed by atoms with Gasteiger partial charge in [0.1, 0.15) is 18.2 Å². The Hall–Kier alpha value is -2.12. The molecule has 2 aromatic carbocycles. The van der Waals surface area contributed by atoms with Crippen molar-refractivity contribution in [2.75, 3.05) is 24.6 Å². The highest BCUT2D eigenvalue weighted by Gasteiger charge is 2.22. The summed E-state index contributed by atoms with van der Waals surface area (Å²) in [6.45, 7) is 3.73. The van der Waals surface area contributed by atoms with Crippen molar-refractivity contribution >= 4 is 15.7 Å². The van der Waals surface area contributed by atoms with Gasteiger partial charge in [0.2, 0.25) is 10.0 Å². The highest BCUT2D eigenvalue weighted by atomic mass is 32.2. The van der Waals surface area contributed by atoms with Crippen molar-refractivity contribution in [3.63, 3.8) is 0 Å². The highest BCUT2D eigenvalue weighted by molar-refractivity contribution is 7.89. The molecule has 0 fully saturated rings. The van der Waals surface area contributed by atoms with Crippen LogP contribution in [0.1, 0.15) is 17.5 Å². The Balaban J connectivity index is 1.65. The molecule has 1 aliphatic rings. The van der Waals surface area contributed by atoms with Crippen LogP contribution in [-0.2, 0) is 16.4 Å². The maximum absolute atomic E-state index is 14.3. The Morgan fingerprint density at radius 1 is 1.20 bits per heavy atom. The van der Waals surface area contributed by atoms with Crippen LogP contribution in [0.25, 0.3) is 0 Å². The lowest BCUT2D eigenvalue weighted by molar-refractivity contribution is 0.322. The normalized spacial score (nSPS) is 14.3. The predicted octanol–water partition coefficient (Wildman–Crippen LogP) is 2.61. The van der Waals surface area contributed by atoms with Gasteiger partial charge < -0.3 is 9.64 Å². The number of primary sulfonamides is 1. The summed E-state index contributed by atoms with van der Waals surface area (Å²) < 4.78 is 42.4. The lowest BCUT2D eigenvalue weighted by Gasteiger charge is -2.32. The molecule has 0 saturated carbocycles. The molecule has 0 aliphatic carbocycles. The molecular weight excluding hydrogens is 343 g/mol. The number of rotatable bonds is 5. The van der Waals surface area contributed by atoms with E-state index in [9.17, 15) is 12.8 Å². The predicted molar refractivity (Wildman–Crippen MR) is 95.0 cm³/mol. The second-order valence-electron chi connectivity index (χ2n) is 6.15. The SMILES string of the molecule is Cc1ccc(F)c2c1CCCN2CCOc1ccc(S(N)(=O)=O)cc1. The zero-order chi connectivity index (χ0) is 18.0. The minimum atomic E-state index is -3.70. The van der Waals surface area contributed by atoms with Gasteiger partial charge in [-0.1, -0.05) is 6.07 Å². The van der Waals surface area contributed by atoms with Crippen LogP contribution in [0, 0.1) is 12.7 Å². The number of hydrogen-bond acceptors (Lipinski definition) is 4. The van der Waals surface area contributed by atoms with Crippen LogP contribution in [0.4, 0.5) is 10.1 Å². The summed E-state index contributed by atoms with van der Waals surface area (Å²) in [5, 5.41) is 5.07. The quantitative estimate of drug-likeness (QED) is 0.885. The van der Waals surface area contributed by atoms with Crippen LogP contribution in [0.15, 0.2) is 41.3 Å². The van der Waals surface area contributed by atoms with Crippen molar-refractivity contribution in [2.24, 2.45) is 5.14 Å². The van der Waals surface area contributed by atoms with Crippen LogP contribution in [0.3, 0.4) is 0 Å². The number of nitrogens with zero attached hydrogens (tertiary/aromatic N) is 1. The van der Waals surface area contributed by atoms with Crippen LogP contribution >= 0.6 is 0 Å². The molecule has 134 valence electrons. The molecule has 0 bridgehead atoms. The van der Waals surface area contributed by atoms with E-state index < -0.39 is 10.0 Å². The first-order chi connectivity index (χ1) is 11.9. The van der Waals surface area contributed by atoms with Gasteiger partial charge in [-0.3, -0.25) is 0 Å². The lowest BCUT2D eigenvalue weighted by Crippen LogP contribution is -2.34. The number of nitrogens with two attached hydrogens (primary N) is 1. The van der Waals surface area contributed by atoms with Crippen molar-refractivity contribution in [1.82, 2.24) is 0 Å². The number of sulfonamides is 1. The fourth-order valence-corrected chi connectivity index (χ4v) is 3.66. The second kappa shape index (κ2) is 7.01. The fraction of sp³-hybridized carbons (Fsp3) is 0.333. The topological polar surface area (TPSA) is 72.6 Å². The maximum atomic E-state index is 14.3. The monoisotopic (exact) mass is 364 g/mol. The Morgan fingerprint density at radius 3 is 2.60 bits per heavy atom. The molecule has 0 atom stereocenters. The van der Waals surface area contributed by atoms with Crippen molar-refractivity contribution < 1.29 is 17.5 Å². The minimum absolute atomic E-state index is 0.0438. The molecule has 2 aromatic rings. The smallest absolute Gasteiger partial charge is 0.238 e. The number of benzene rings is 2. The van der Waals surface area contributed by atoms with E-state index in [1.165, 1.54) is 18.2 Å². The molecule has 1 heterocycles. The van der Waals surface area contributed by atoms with Crippen molar-refractivity contribution in [3.8, 4) is 5.75 Å². The molecule has 0 amide bonds. The number of fused-ring (bicyclic) bond motifs is 1. The van der Waals surface area contributed by atoms with Gasteiger partial charge in [0, 0.05) is 6.54 Å². The second-order valence-corrected chi connectivity index (χ2v) is 7.71. The van der Waals surface area contributed by atoms with E-state index in [4.69, 9.17) is 9.88 Å². The Morgan fingerprint density at radius 2 is 1.92 bits per heavy atom. The van der Waals surface area contributed by atoms with Gasteiger partial charge in [0.25, 0.3) is 0 Å². The van der Waals surface area contributed by atoms with Gasteiger partial charge in [-0.15, -0.1) is 0 Å². The Labute approximate surface area is 147 Å². The van der Waals surface area contributed by atoms with Crippen LogP contribution < -0.4 is 14.8 Å². The molecule has 1 aliphatic heterocycles. The van der Waals surface area contributed by atoms with Crippen LogP contribution in [-0.4, -0.2) is 28.1 Å². The van der Waals surface area contributed by atoms with E-state index in [-0.39, 0.29) is 10.7 Å². The molecule has 5 nitrogen and oxygen atoms in total. The summed E-state index contributed by atoms with van der Waals surface area (Å²) in [4.78, 5) is 2.06. The number of aryl methyl sites for hydroxylation is 1. The van der Waals surface area contributed by atoms with Gasteiger partial charge in [-0.2, -0.15) is 0 Å². The number of halogens is 1. The third kappa shape index (κ3) is 3.93. The molecule has 2 N–H and O–H groups in total. The molecule has 0 radical (unpaired) electrons. The zero-order valence-corrected chi connectivity index (χ0v) is 14.9. The van der Waals surface area contributed by atoms with Crippen LogP contribution in [0.5, 0.6) is 5.75 Å². The van der Waals surface area contributed by atoms with Gasteiger partial charge in [0.05, 0.1) is 17.1 Å². The van der Waals surface area contributed by atoms with E-state index in [2.05, 4.69) is 0 Å². The van der Waals surface area contributed by atoms with Crippen molar-refractivity contribution in [3.05, 3.63) is 53.3 Å². The number of hydrogen-bond donors (Lipinski definition) is 1. The molecule has 0 spiro atoms. The molecular formula is C18H21FN2O3S. The van der Waals surface area contributed by atoms with E-state index in [1.807, 2.05) is 17.9 Å². The summed E-state index contributed by atoms with van der Waals surface area (Å²) in [7, 11) is -3.70. The first kappa shape index (κ1) is 17.7. The van der Waals surface area contributed by atoms with Gasteiger partial charge >= 0.3 is 0 Å². The molecule has 7 heteroatoms. The number of anilines is 1. The van der Waals surface area contributed by atoms with Crippen molar-refractivity contribution in [1.29, 1.82) is 0 Å². The fourth-order valence-electron chi connectivity index (χ4n) is 3.15. The summed E-state index contributed by atoms with van der Waals surface area (Å²) in [6, 6.07) is 9.28. The average Bonchev–Trinajstić information content (AvgIpc) is 2.58. The summed E-state index contributed by atoms with van der Waals surface area (Å²) >= 11 is 0. The summed E-state index contributed by atoms with van der Waals surface area (Å²) in [6.07, 6.45) is 1.88. The van der Waals surface area contributed by atoms with E-state index in [0.717, 1.165) is 30.5 Å². The zero-order valence-electron chi connectivity index (χ0n) is 14.0. The molecule has 0 aromatic heterocycles. The summed E-state index contributed by atoms with van der Waals surface area (Å²) in [5.41, 5.74) is 2.86. The number of ether oxygens (including phenoxy) is 1. The maximum Gasteiger partial charge on any atom is 0.238 e. The lowest BCUT2D eigenvalue weighted by atomic mass is 9.96. The molecule has 25 heavy (non-hydrogen) atoms. The van der Waals surface area contributed by atoms with Crippen LogP contribution in [0.2, 0.25) is 0 Å². The largest absolute Gasteiger partial charge is 0.492 e. The standard InChI is InChI=1S/C18H21FN2O3S/c1-13-4-9-17(19)18-16(13)3-2-10-21(18)11-12-24-14-5-7-15(8-6-14)25(20,22)23/h4-9H,2-3,10-12H2,1H3,(H2,20,22,23). The Kier molecular flexibility index (Phi) is 4.96. The minimum Gasteiger partial charge on any atom is -0.492 e. The molecule has 3 rings (SSSR count). The van der Waals surface area contributed by atoms with Gasteiger partial charge in [-0.05, 0) is 61.2 Å².